The fraction of sp³-hybridized carbons (Fsp3) is 0.176. The van der Waals surface area contributed by atoms with Crippen molar-refractivity contribution in [3.63, 3.8) is 0 Å². The van der Waals surface area contributed by atoms with Crippen molar-refractivity contribution < 1.29 is 9.32 Å². The Morgan fingerprint density at radius 2 is 1.91 bits per heavy atom. The van der Waals surface area contributed by atoms with Crippen LogP contribution in [-0.4, -0.2) is 13.9 Å². The van der Waals surface area contributed by atoms with Crippen molar-refractivity contribution in [1.82, 2.24) is 4.57 Å². The molecule has 0 radical (unpaired) electrons. The predicted molar refractivity (Wildman–Crippen MR) is 93.6 cm³/mol. The van der Waals surface area contributed by atoms with Crippen LogP contribution in [0.5, 0.6) is 5.75 Å². The number of hydrogen-bond acceptors (Lipinski definition) is 2. The monoisotopic (exact) mass is 377 g/mol. The summed E-state index contributed by atoms with van der Waals surface area (Å²) >= 11 is 3.35. The fourth-order valence-corrected chi connectivity index (χ4v) is 4.28. The van der Waals surface area contributed by atoms with Crippen LogP contribution >= 0.6 is 15.9 Å². The van der Waals surface area contributed by atoms with Crippen molar-refractivity contribution in [2.75, 3.05) is 0 Å². The molecule has 2 aromatic carbocycles. The maximum atomic E-state index is 12.6. The first kappa shape index (κ1) is 15.3. The summed E-state index contributed by atoms with van der Waals surface area (Å²) in [4.78, 5) is 0.830. The first-order valence-corrected chi connectivity index (χ1v) is 9.00. The highest BCUT2D eigenvalue weighted by Gasteiger charge is 2.16. The Hall–Kier alpha value is -1.59. The van der Waals surface area contributed by atoms with Gasteiger partial charge in [-0.1, -0.05) is 18.2 Å². The highest BCUT2D eigenvalue weighted by Crippen LogP contribution is 2.34. The van der Waals surface area contributed by atoms with E-state index < -0.39 is 10.8 Å². The lowest BCUT2D eigenvalue weighted by Gasteiger charge is -2.06. The van der Waals surface area contributed by atoms with Gasteiger partial charge in [-0.15, -0.1) is 0 Å². The van der Waals surface area contributed by atoms with Crippen LogP contribution in [0.3, 0.4) is 0 Å². The summed E-state index contributed by atoms with van der Waals surface area (Å²) in [6.45, 7) is 2.01. The predicted octanol–water partition coefficient (Wildman–Crippen LogP) is 4.26. The molecule has 1 heterocycles. The van der Waals surface area contributed by atoms with E-state index in [1.807, 2.05) is 50.4 Å². The molecule has 1 N–H and O–H groups in total. The lowest BCUT2D eigenvalue weighted by molar-refractivity contribution is 0.473. The van der Waals surface area contributed by atoms with Crippen LogP contribution in [0.15, 0.2) is 51.8 Å². The van der Waals surface area contributed by atoms with Gasteiger partial charge < -0.3 is 9.67 Å². The average Bonchev–Trinajstić information content (AvgIpc) is 2.74. The van der Waals surface area contributed by atoms with Crippen LogP contribution in [0, 0.1) is 6.92 Å². The van der Waals surface area contributed by atoms with Gasteiger partial charge in [-0.25, -0.2) is 0 Å². The van der Waals surface area contributed by atoms with Gasteiger partial charge in [0.05, 0.1) is 21.0 Å². The summed E-state index contributed by atoms with van der Waals surface area (Å²) < 4.78 is 15.3. The number of phenolic OH excluding ortho intramolecular Hbond substituents is 1. The van der Waals surface area contributed by atoms with E-state index in [-0.39, 0.29) is 5.75 Å². The van der Waals surface area contributed by atoms with Gasteiger partial charge in [-0.3, -0.25) is 4.21 Å². The Morgan fingerprint density at radius 3 is 2.59 bits per heavy atom. The molecule has 0 aliphatic rings. The lowest BCUT2D eigenvalue weighted by atomic mass is 10.1. The van der Waals surface area contributed by atoms with E-state index in [1.54, 1.807) is 6.07 Å². The normalized spacial score (nSPS) is 12.7. The molecule has 1 aromatic heterocycles. The van der Waals surface area contributed by atoms with Gasteiger partial charge >= 0.3 is 0 Å². The molecule has 3 aromatic rings. The third kappa shape index (κ3) is 2.59. The van der Waals surface area contributed by atoms with Crippen LogP contribution < -0.4 is 0 Å². The van der Waals surface area contributed by atoms with Gasteiger partial charge in [0.15, 0.2) is 0 Å². The third-order valence-corrected chi connectivity index (χ3v) is 5.91. The molecule has 3 rings (SSSR count). The molecule has 0 fully saturated rings. The minimum atomic E-state index is -1.09. The van der Waals surface area contributed by atoms with Gasteiger partial charge in [-0.2, -0.15) is 0 Å². The molecular formula is C17H16BrNO2S. The van der Waals surface area contributed by atoms with Gasteiger partial charge in [-0.05, 0) is 52.7 Å². The summed E-state index contributed by atoms with van der Waals surface area (Å²) in [5.74, 6) is 0.677. The van der Waals surface area contributed by atoms with Gasteiger partial charge in [0.1, 0.15) is 5.75 Å². The molecule has 0 saturated heterocycles. The summed E-state index contributed by atoms with van der Waals surface area (Å²) in [6.07, 6.45) is 0. The van der Waals surface area contributed by atoms with Crippen molar-refractivity contribution in [1.29, 1.82) is 0 Å². The number of aryl methyl sites for hydroxylation is 2. The number of aromatic hydroxyl groups is 1. The topological polar surface area (TPSA) is 42.2 Å². The molecule has 3 nitrogen and oxygen atoms in total. The minimum absolute atomic E-state index is 0.219. The van der Waals surface area contributed by atoms with Crippen molar-refractivity contribution in [3.05, 3.63) is 58.2 Å². The Morgan fingerprint density at radius 1 is 1.23 bits per heavy atom. The van der Waals surface area contributed by atoms with Crippen LogP contribution in [0.2, 0.25) is 0 Å². The minimum Gasteiger partial charge on any atom is -0.507 e. The highest BCUT2D eigenvalue weighted by atomic mass is 79.9. The van der Waals surface area contributed by atoms with E-state index in [0.717, 1.165) is 27.1 Å². The maximum absolute atomic E-state index is 12.6. The summed E-state index contributed by atoms with van der Waals surface area (Å²) in [5.41, 5.74) is 3.10. The summed E-state index contributed by atoms with van der Waals surface area (Å²) in [5, 5.41) is 10.9. The third-order valence-electron chi connectivity index (χ3n) is 3.94. The second kappa shape index (κ2) is 5.89. The van der Waals surface area contributed by atoms with Crippen molar-refractivity contribution in [2.45, 2.75) is 17.6 Å². The number of benzene rings is 2. The second-order valence-electron chi connectivity index (χ2n) is 5.25. The maximum Gasteiger partial charge on any atom is 0.130 e. The summed E-state index contributed by atoms with van der Waals surface area (Å²) in [7, 11) is 0.881. The molecule has 0 amide bonds. The number of nitrogens with zero attached hydrogens (tertiary/aromatic N) is 1. The standard InChI is InChI=1S/C17H16BrNO2S/c1-11-13-8-17(20)14(18)9-15(13)19(2)16(11)10-22(21)12-6-4-3-5-7-12/h3-9,20H,10H2,1-2H3. The SMILES string of the molecule is Cc1c(CS(=O)c2ccccc2)n(C)c2cc(Br)c(O)cc12. The Balaban J connectivity index is 2.06. The lowest BCUT2D eigenvalue weighted by Crippen LogP contribution is -2.03. The fourth-order valence-electron chi connectivity index (χ4n) is 2.67. The second-order valence-corrected chi connectivity index (χ2v) is 7.56. The van der Waals surface area contributed by atoms with E-state index in [9.17, 15) is 9.32 Å². The van der Waals surface area contributed by atoms with Gasteiger partial charge in [0, 0.05) is 28.5 Å². The van der Waals surface area contributed by atoms with Crippen LogP contribution in [-0.2, 0) is 23.6 Å². The van der Waals surface area contributed by atoms with Crippen molar-refractivity contribution >= 4 is 37.6 Å². The molecule has 0 saturated carbocycles. The van der Waals surface area contributed by atoms with E-state index >= 15 is 0 Å². The molecule has 1 atom stereocenters. The van der Waals surface area contributed by atoms with E-state index in [2.05, 4.69) is 20.5 Å². The quantitative estimate of drug-likeness (QED) is 0.740. The smallest absolute Gasteiger partial charge is 0.130 e. The molecule has 0 spiro atoms. The number of fused-ring (bicyclic) bond motifs is 1. The van der Waals surface area contributed by atoms with Gasteiger partial charge in [0.25, 0.3) is 0 Å². The zero-order valence-corrected chi connectivity index (χ0v) is 14.7. The number of phenols is 1. The number of aromatic nitrogens is 1. The molecule has 1 unspecified atom stereocenters. The van der Waals surface area contributed by atoms with E-state index in [4.69, 9.17) is 0 Å². The average molecular weight is 378 g/mol. The molecular weight excluding hydrogens is 362 g/mol. The summed E-state index contributed by atoms with van der Waals surface area (Å²) in [6, 6.07) is 13.1. The molecule has 0 aliphatic heterocycles. The van der Waals surface area contributed by atoms with Crippen molar-refractivity contribution in [3.8, 4) is 5.75 Å². The van der Waals surface area contributed by atoms with E-state index in [0.29, 0.717) is 10.2 Å². The first-order valence-electron chi connectivity index (χ1n) is 6.89. The largest absolute Gasteiger partial charge is 0.507 e. The van der Waals surface area contributed by atoms with E-state index in [1.165, 1.54) is 0 Å². The van der Waals surface area contributed by atoms with Crippen molar-refractivity contribution in [2.24, 2.45) is 7.05 Å². The molecule has 0 aliphatic carbocycles. The molecule has 0 bridgehead atoms. The number of hydrogen-bond donors (Lipinski definition) is 1. The molecule has 5 heteroatoms. The van der Waals surface area contributed by atoms with Crippen LogP contribution in [0.4, 0.5) is 0 Å². The van der Waals surface area contributed by atoms with Gasteiger partial charge in [0.2, 0.25) is 0 Å². The van der Waals surface area contributed by atoms with Crippen LogP contribution in [0.1, 0.15) is 11.3 Å². The number of rotatable bonds is 3. The zero-order chi connectivity index (χ0) is 15.9. The van der Waals surface area contributed by atoms with Crippen LogP contribution in [0.25, 0.3) is 10.9 Å². The molecule has 22 heavy (non-hydrogen) atoms. The zero-order valence-electron chi connectivity index (χ0n) is 12.3. The Bertz CT molecular complexity index is 826. The Kier molecular flexibility index (Phi) is 4.10. The first-order chi connectivity index (χ1) is 10.5. The Labute approximate surface area is 140 Å². The number of halogens is 1. The molecule has 114 valence electrons. The highest BCUT2D eigenvalue weighted by molar-refractivity contribution is 9.10.